The molecular weight excluding hydrogens is 424 g/mol. The van der Waals surface area contributed by atoms with E-state index in [0.29, 0.717) is 23.0 Å². The van der Waals surface area contributed by atoms with Crippen LogP contribution in [0.1, 0.15) is 11.1 Å². The van der Waals surface area contributed by atoms with Crippen LogP contribution < -0.4 is 14.8 Å². The smallest absolute Gasteiger partial charge is 0.261 e. The van der Waals surface area contributed by atoms with E-state index >= 15 is 0 Å². The van der Waals surface area contributed by atoms with Crippen molar-refractivity contribution < 1.29 is 17.9 Å². The van der Waals surface area contributed by atoms with Gasteiger partial charge in [0.05, 0.1) is 4.90 Å². The fourth-order valence-electron chi connectivity index (χ4n) is 2.55. The number of ether oxygens (including phenoxy) is 1. The maximum Gasteiger partial charge on any atom is 0.261 e. The molecule has 0 atom stereocenters. The van der Waals surface area contributed by atoms with Crippen LogP contribution in [-0.4, -0.2) is 20.9 Å². The minimum atomic E-state index is -3.71. The Kier molecular flexibility index (Phi) is 6.97. The zero-order valence-electron chi connectivity index (χ0n) is 16.3. The molecule has 30 heavy (non-hydrogen) atoms. The van der Waals surface area contributed by atoms with E-state index in [2.05, 4.69) is 10.0 Å². The summed E-state index contributed by atoms with van der Waals surface area (Å²) in [6.45, 7) is 2.11. The van der Waals surface area contributed by atoms with Gasteiger partial charge in [0.15, 0.2) is 6.61 Å². The fourth-order valence-corrected chi connectivity index (χ4v) is 3.74. The summed E-state index contributed by atoms with van der Waals surface area (Å²) in [6, 6.07) is 20.1. The molecule has 0 unspecified atom stereocenters. The van der Waals surface area contributed by atoms with Crippen molar-refractivity contribution >= 4 is 33.2 Å². The lowest BCUT2D eigenvalue weighted by molar-refractivity contribution is -0.123. The topological polar surface area (TPSA) is 84.5 Å². The van der Waals surface area contributed by atoms with Crippen molar-refractivity contribution in [2.45, 2.75) is 18.4 Å². The van der Waals surface area contributed by atoms with Crippen LogP contribution in [0.25, 0.3) is 0 Å². The minimum absolute atomic E-state index is 0.0996. The van der Waals surface area contributed by atoms with Gasteiger partial charge in [-0.3, -0.25) is 9.52 Å². The third-order valence-corrected chi connectivity index (χ3v) is 5.86. The van der Waals surface area contributed by atoms with Crippen molar-refractivity contribution in [1.82, 2.24) is 5.32 Å². The number of amides is 1. The Morgan fingerprint density at radius 1 is 0.933 bits per heavy atom. The molecule has 0 spiro atoms. The van der Waals surface area contributed by atoms with E-state index in [4.69, 9.17) is 16.3 Å². The van der Waals surface area contributed by atoms with Gasteiger partial charge < -0.3 is 10.1 Å². The quantitative estimate of drug-likeness (QED) is 0.546. The minimum Gasteiger partial charge on any atom is -0.484 e. The lowest BCUT2D eigenvalue weighted by atomic mass is 10.2. The molecule has 0 aliphatic rings. The Balaban J connectivity index is 1.51. The van der Waals surface area contributed by atoms with Crippen molar-refractivity contribution in [3.05, 3.63) is 88.9 Å². The van der Waals surface area contributed by atoms with Gasteiger partial charge in [0.2, 0.25) is 0 Å². The summed E-state index contributed by atoms with van der Waals surface area (Å²) in [5, 5.41) is 3.37. The predicted octanol–water partition coefficient (Wildman–Crippen LogP) is 4.14. The molecule has 3 aromatic rings. The molecule has 8 heteroatoms. The molecule has 0 heterocycles. The highest BCUT2D eigenvalue weighted by Crippen LogP contribution is 2.19. The number of rotatable bonds is 8. The first-order valence-electron chi connectivity index (χ1n) is 9.15. The zero-order valence-corrected chi connectivity index (χ0v) is 17.8. The number of hydrogen-bond donors (Lipinski definition) is 2. The second-order valence-electron chi connectivity index (χ2n) is 6.63. The third kappa shape index (κ3) is 6.23. The van der Waals surface area contributed by atoms with Gasteiger partial charge >= 0.3 is 0 Å². The molecule has 1 amide bonds. The van der Waals surface area contributed by atoms with E-state index in [0.717, 1.165) is 11.1 Å². The molecule has 3 rings (SSSR count). The Morgan fingerprint density at radius 3 is 2.20 bits per heavy atom. The molecule has 0 aliphatic carbocycles. The summed E-state index contributed by atoms with van der Waals surface area (Å²) in [6.07, 6.45) is 0. The van der Waals surface area contributed by atoms with E-state index < -0.39 is 10.0 Å². The van der Waals surface area contributed by atoms with Crippen LogP contribution >= 0.6 is 11.6 Å². The van der Waals surface area contributed by atoms with Gasteiger partial charge in [0, 0.05) is 17.3 Å². The van der Waals surface area contributed by atoms with Crippen LogP contribution in [0, 0.1) is 6.92 Å². The lowest BCUT2D eigenvalue weighted by Gasteiger charge is -2.10. The summed E-state index contributed by atoms with van der Waals surface area (Å²) >= 11 is 5.83. The first-order chi connectivity index (χ1) is 14.3. The number of sulfonamides is 1. The average Bonchev–Trinajstić information content (AvgIpc) is 2.73. The number of nitrogens with one attached hydrogen (secondary N) is 2. The SMILES string of the molecule is Cc1ccc(NS(=O)(=O)c2ccc(OCC(=O)NCc3ccc(Cl)cc3)cc2)cc1. The highest BCUT2D eigenvalue weighted by molar-refractivity contribution is 7.92. The normalized spacial score (nSPS) is 11.0. The van der Waals surface area contributed by atoms with Crippen LogP contribution in [0.2, 0.25) is 5.02 Å². The molecule has 0 aromatic heterocycles. The monoisotopic (exact) mass is 444 g/mol. The van der Waals surface area contributed by atoms with Crippen LogP contribution in [0.5, 0.6) is 5.75 Å². The van der Waals surface area contributed by atoms with E-state index in [-0.39, 0.29) is 17.4 Å². The first kappa shape index (κ1) is 21.7. The summed E-state index contributed by atoms with van der Waals surface area (Å²) in [4.78, 5) is 12.0. The summed E-state index contributed by atoms with van der Waals surface area (Å²) in [5.74, 6) is 0.105. The van der Waals surface area contributed by atoms with E-state index in [9.17, 15) is 13.2 Å². The van der Waals surface area contributed by atoms with Gasteiger partial charge in [-0.05, 0) is 61.0 Å². The third-order valence-electron chi connectivity index (χ3n) is 4.21. The Bertz CT molecular complexity index is 1100. The summed E-state index contributed by atoms with van der Waals surface area (Å²) in [7, 11) is -3.71. The van der Waals surface area contributed by atoms with Crippen LogP contribution in [0.15, 0.2) is 77.7 Å². The molecule has 6 nitrogen and oxygen atoms in total. The largest absolute Gasteiger partial charge is 0.484 e. The van der Waals surface area contributed by atoms with Crippen LogP contribution in [0.4, 0.5) is 5.69 Å². The van der Waals surface area contributed by atoms with Gasteiger partial charge in [-0.15, -0.1) is 0 Å². The zero-order chi connectivity index (χ0) is 21.6. The van der Waals surface area contributed by atoms with Crippen LogP contribution in [0.3, 0.4) is 0 Å². The predicted molar refractivity (Wildman–Crippen MR) is 117 cm³/mol. The molecule has 3 aromatic carbocycles. The Morgan fingerprint density at radius 2 is 1.57 bits per heavy atom. The maximum atomic E-state index is 12.5. The Labute approximate surface area is 180 Å². The summed E-state index contributed by atoms with van der Waals surface area (Å²) < 4.78 is 32.9. The molecule has 0 saturated carbocycles. The van der Waals surface area contributed by atoms with Gasteiger partial charge in [-0.2, -0.15) is 0 Å². The fraction of sp³-hybridized carbons (Fsp3) is 0.136. The highest BCUT2D eigenvalue weighted by Gasteiger charge is 2.14. The second kappa shape index (κ2) is 9.65. The highest BCUT2D eigenvalue weighted by atomic mass is 35.5. The molecule has 0 bridgehead atoms. The van der Waals surface area contributed by atoms with Crippen molar-refractivity contribution in [1.29, 1.82) is 0 Å². The van der Waals surface area contributed by atoms with Gasteiger partial charge in [0.25, 0.3) is 15.9 Å². The number of aryl methyl sites for hydroxylation is 1. The van der Waals surface area contributed by atoms with E-state index in [1.54, 1.807) is 24.3 Å². The van der Waals surface area contributed by atoms with Crippen molar-refractivity contribution in [3.63, 3.8) is 0 Å². The Hall–Kier alpha value is -3.03. The molecule has 0 fully saturated rings. The molecule has 2 N–H and O–H groups in total. The number of halogens is 1. The lowest BCUT2D eigenvalue weighted by Crippen LogP contribution is -2.28. The number of anilines is 1. The van der Waals surface area contributed by atoms with Crippen molar-refractivity contribution in [3.8, 4) is 5.75 Å². The number of carbonyl (C=O) groups is 1. The van der Waals surface area contributed by atoms with Gasteiger partial charge in [0.1, 0.15) is 5.75 Å². The number of carbonyl (C=O) groups excluding carboxylic acids is 1. The molecule has 156 valence electrons. The van der Waals surface area contributed by atoms with Crippen molar-refractivity contribution in [2.75, 3.05) is 11.3 Å². The van der Waals surface area contributed by atoms with E-state index in [1.807, 2.05) is 31.2 Å². The first-order valence-corrected chi connectivity index (χ1v) is 11.0. The second-order valence-corrected chi connectivity index (χ2v) is 8.75. The molecule has 0 aliphatic heterocycles. The average molecular weight is 445 g/mol. The number of benzene rings is 3. The van der Waals surface area contributed by atoms with E-state index in [1.165, 1.54) is 24.3 Å². The number of hydrogen-bond acceptors (Lipinski definition) is 4. The van der Waals surface area contributed by atoms with Gasteiger partial charge in [-0.1, -0.05) is 41.4 Å². The summed E-state index contributed by atoms with van der Waals surface area (Å²) in [5.41, 5.74) is 2.44. The molecular formula is C22H21ClN2O4S. The van der Waals surface area contributed by atoms with Crippen molar-refractivity contribution in [2.24, 2.45) is 0 Å². The standard InChI is InChI=1S/C22H21ClN2O4S/c1-16-2-8-19(9-3-16)25-30(27,28)21-12-10-20(11-13-21)29-15-22(26)24-14-17-4-6-18(23)7-5-17/h2-13,25H,14-15H2,1H3,(H,24,26). The van der Waals surface area contributed by atoms with Crippen LogP contribution in [-0.2, 0) is 21.4 Å². The van der Waals surface area contributed by atoms with Gasteiger partial charge in [-0.25, -0.2) is 8.42 Å². The molecule has 0 saturated heterocycles. The molecule has 0 radical (unpaired) electrons. The maximum absolute atomic E-state index is 12.5.